The van der Waals surface area contributed by atoms with E-state index in [1.165, 1.54) is 6.32 Å². The van der Waals surface area contributed by atoms with Gasteiger partial charge in [-0.1, -0.05) is 13.1 Å². The largest absolute Gasteiger partial charge is 0.394 e. The zero-order valence-electron chi connectivity index (χ0n) is 4.72. The molecule has 0 amide bonds. The summed E-state index contributed by atoms with van der Waals surface area (Å²) in [5.74, 6) is 0. The fraction of sp³-hybridized carbons (Fsp3) is 1.00. The molecule has 0 bridgehead atoms. The van der Waals surface area contributed by atoms with Gasteiger partial charge in [-0.15, -0.1) is 0 Å². The Kier molecular flexibility index (Phi) is 1.38. The summed E-state index contributed by atoms with van der Waals surface area (Å²) in [7, 11) is 0. The van der Waals surface area contributed by atoms with Crippen LogP contribution in [0.1, 0.15) is 6.42 Å². The molecule has 1 rings (SSSR count). The molecule has 40 valence electrons. The number of aliphatic hydroxyl groups is 1. The second-order valence-corrected chi connectivity index (χ2v) is 2.57. The Labute approximate surface area is 44.8 Å². The van der Waals surface area contributed by atoms with Gasteiger partial charge in [0.05, 0.1) is 0 Å². The molecule has 0 aromatic rings. The first-order valence-corrected chi connectivity index (χ1v) is 2.97. The van der Waals surface area contributed by atoms with E-state index in [0.717, 1.165) is 19.5 Å². The van der Waals surface area contributed by atoms with Gasteiger partial charge in [0.1, 0.15) is 6.71 Å². The van der Waals surface area contributed by atoms with Crippen molar-refractivity contribution in [2.45, 2.75) is 32.0 Å². The Balaban J connectivity index is 2.26. The highest BCUT2D eigenvalue weighted by Crippen LogP contribution is 2.18. The van der Waals surface area contributed by atoms with E-state index in [0.29, 0.717) is 0 Å². The maximum absolute atomic E-state index is 8.90. The van der Waals surface area contributed by atoms with Gasteiger partial charge in [-0.25, -0.2) is 0 Å². The lowest BCUT2D eigenvalue weighted by molar-refractivity contribution is 0.199. The average molecular weight is 98.0 g/mol. The SMILES string of the molecule is CB1CCC(O)C1. The molecule has 1 aliphatic heterocycles. The van der Waals surface area contributed by atoms with E-state index < -0.39 is 0 Å². The van der Waals surface area contributed by atoms with Crippen LogP contribution in [-0.4, -0.2) is 17.9 Å². The fourth-order valence-electron chi connectivity index (χ4n) is 1.18. The first kappa shape index (κ1) is 5.17. The summed E-state index contributed by atoms with van der Waals surface area (Å²) in [6.07, 6.45) is 3.30. The van der Waals surface area contributed by atoms with Crippen LogP contribution < -0.4 is 0 Å². The van der Waals surface area contributed by atoms with E-state index in [1.54, 1.807) is 0 Å². The highest BCUT2D eigenvalue weighted by atomic mass is 16.3. The summed E-state index contributed by atoms with van der Waals surface area (Å²) >= 11 is 0. The van der Waals surface area contributed by atoms with Crippen LogP contribution in [0.15, 0.2) is 0 Å². The van der Waals surface area contributed by atoms with Crippen LogP contribution in [0.3, 0.4) is 0 Å². The van der Waals surface area contributed by atoms with Crippen molar-refractivity contribution in [3.05, 3.63) is 0 Å². The first-order chi connectivity index (χ1) is 3.29. The standard InChI is InChI=1S/C5H11BO/c1-6-3-2-5(7)4-6/h5,7H,2-4H2,1H3. The van der Waals surface area contributed by atoms with Crippen molar-refractivity contribution in [2.24, 2.45) is 0 Å². The lowest BCUT2D eigenvalue weighted by atomic mass is 9.51. The molecular formula is C5H11BO. The molecule has 1 heterocycles. The van der Waals surface area contributed by atoms with Crippen LogP contribution in [0, 0.1) is 0 Å². The molecule has 1 saturated heterocycles. The van der Waals surface area contributed by atoms with E-state index in [-0.39, 0.29) is 6.10 Å². The summed E-state index contributed by atoms with van der Waals surface area (Å²) in [4.78, 5) is 0. The first-order valence-electron chi connectivity index (χ1n) is 2.97. The second-order valence-electron chi connectivity index (χ2n) is 2.57. The Morgan fingerprint density at radius 1 is 1.71 bits per heavy atom. The number of hydrogen-bond acceptors (Lipinski definition) is 1. The normalized spacial score (nSPS) is 31.7. The van der Waals surface area contributed by atoms with Crippen molar-refractivity contribution in [1.29, 1.82) is 0 Å². The Morgan fingerprint density at radius 3 is 2.57 bits per heavy atom. The molecule has 1 unspecified atom stereocenters. The fourth-order valence-corrected chi connectivity index (χ4v) is 1.18. The summed E-state index contributed by atoms with van der Waals surface area (Å²) < 4.78 is 0. The monoisotopic (exact) mass is 98.1 g/mol. The molecule has 7 heavy (non-hydrogen) atoms. The van der Waals surface area contributed by atoms with Gasteiger partial charge in [0.2, 0.25) is 0 Å². The predicted octanol–water partition coefficient (Wildman–Crippen LogP) is 0.876. The zero-order valence-corrected chi connectivity index (χ0v) is 4.72. The Morgan fingerprint density at radius 2 is 2.43 bits per heavy atom. The van der Waals surface area contributed by atoms with Crippen LogP contribution in [0.2, 0.25) is 19.5 Å². The molecule has 1 nitrogen and oxygen atoms in total. The minimum atomic E-state index is 0.0231. The molecule has 0 aromatic carbocycles. The zero-order chi connectivity index (χ0) is 5.28. The molecule has 1 aliphatic rings. The van der Waals surface area contributed by atoms with Crippen LogP contribution >= 0.6 is 0 Å². The van der Waals surface area contributed by atoms with Crippen molar-refractivity contribution >= 4 is 6.71 Å². The van der Waals surface area contributed by atoms with Gasteiger partial charge in [-0.2, -0.15) is 0 Å². The third kappa shape index (κ3) is 1.20. The minimum Gasteiger partial charge on any atom is -0.394 e. The van der Waals surface area contributed by atoms with E-state index >= 15 is 0 Å². The Hall–Kier alpha value is 0.0249. The maximum atomic E-state index is 8.90. The van der Waals surface area contributed by atoms with Gasteiger partial charge < -0.3 is 5.11 Å². The van der Waals surface area contributed by atoms with Crippen LogP contribution in [0.5, 0.6) is 0 Å². The van der Waals surface area contributed by atoms with Gasteiger partial charge in [0, 0.05) is 6.10 Å². The molecule has 1 fully saturated rings. The molecule has 0 saturated carbocycles. The second kappa shape index (κ2) is 1.87. The summed E-state index contributed by atoms with van der Waals surface area (Å²) in [5, 5.41) is 8.90. The van der Waals surface area contributed by atoms with Gasteiger partial charge >= 0.3 is 0 Å². The molecule has 2 heteroatoms. The molecule has 0 radical (unpaired) electrons. The van der Waals surface area contributed by atoms with Gasteiger partial charge in [0.25, 0.3) is 0 Å². The number of rotatable bonds is 0. The number of hydrogen-bond donors (Lipinski definition) is 1. The summed E-state index contributed by atoms with van der Waals surface area (Å²) in [6, 6.07) is 0. The van der Waals surface area contributed by atoms with Gasteiger partial charge in [0.15, 0.2) is 0 Å². The van der Waals surface area contributed by atoms with Crippen LogP contribution in [0.4, 0.5) is 0 Å². The van der Waals surface area contributed by atoms with E-state index in [1.807, 2.05) is 0 Å². The third-order valence-corrected chi connectivity index (χ3v) is 1.67. The topological polar surface area (TPSA) is 20.2 Å². The van der Waals surface area contributed by atoms with Crippen LogP contribution in [0.25, 0.3) is 0 Å². The third-order valence-electron chi connectivity index (χ3n) is 1.67. The maximum Gasteiger partial charge on any atom is 0.139 e. The van der Waals surface area contributed by atoms with E-state index in [4.69, 9.17) is 5.11 Å². The summed E-state index contributed by atoms with van der Waals surface area (Å²) in [5.41, 5.74) is 0. The van der Waals surface area contributed by atoms with E-state index in [9.17, 15) is 0 Å². The lowest BCUT2D eigenvalue weighted by Gasteiger charge is -1.94. The molecular weight excluding hydrogens is 86.9 g/mol. The predicted molar refractivity (Wildman–Crippen MR) is 31.9 cm³/mol. The van der Waals surface area contributed by atoms with Crippen molar-refractivity contribution in [3.63, 3.8) is 0 Å². The molecule has 0 aliphatic carbocycles. The number of aliphatic hydroxyl groups excluding tert-OH is 1. The van der Waals surface area contributed by atoms with Crippen molar-refractivity contribution < 1.29 is 5.11 Å². The van der Waals surface area contributed by atoms with Crippen molar-refractivity contribution in [3.8, 4) is 0 Å². The van der Waals surface area contributed by atoms with Gasteiger partial charge in [-0.05, 0) is 12.7 Å². The smallest absolute Gasteiger partial charge is 0.139 e. The minimum absolute atomic E-state index is 0.0231. The van der Waals surface area contributed by atoms with Crippen molar-refractivity contribution in [2.75, 3.05) is 0 Å². The molecule has 0 aromatic heterocycles. The van der Waals surface area contributed by atoms with Gasteiger partial charge in [-0.3, -0.25) is 0 Å². The molecule has 1 atom stereocenters. The summed E-state index contributed by atoms with van der Waals surface area (Å²) in [6.45, 7) is 2.96. The molecule has 1 N–H and O–H groups in total. The molecule has 0 spiro atoms. The van der Waals surface area contributed by atoms with E-state index in [2.05, 4.69) is 6.82 Å². The average Bonchev–Trinajstić information content (AvgIpc) is 1.87. The Bertz CT molecular complexity index is 57.1. The lowest BCUT2D eigenvalue weighted by Crippen LogP contribution is -2.02. The highest BCUT2D eigenvalue weighted by Gasteiger charge is 2.20. The van der Waals surface area contributed by atoms with Crippen LogP contribution in [-0.2, 0) is 0 Å². The highest BCUT2D eigenvalue weighted by molar-refractivity contribution is 6.58. The van der Waals surface area contributed by atoms with Crippen molar-refractivity contribution in [1.82, 2.24) is 0 Å². The quantitative estimate of drug-likeness (QED) is 0.446.